The molecule has 1 aliphatic rings. The average molecular weight is 241 g/mol. The molecule has 2 nitrogen and oxygen atoms in total. The highest BCUT2D eigenvalue weighted by atomic mass is 16.3. The van der Waals surface area contributed by atoms with Crippen LogP contribution in [0.15, 0.2) is 0 Å². The van der Waals surface area contributed by atoms with Crippen LogP contribution in [0.1, 0.15) is 66.2 Å². The third-order valence-corrected chi connectivity index (χ3v) is 4.11. The van der Waals surface area contributed by atoms with E-state index in [0.717, 1.165) is 13.0 Å². The van der Waals surface area contributed by atoms with Crippen LogP contribution < -0.4 is 0 Å². The van der Waals surface area contributed by atoms with E-state index in [1.165, 1.54) is 32.1 Å². The van der Waals surface area contributed by atoms with Gasteiger partial charge in [0.25, 0.3) is 0 Å². The molecule has 2 heteroatoms. The van der Waals surface area contributed by atoms with Crippen molar-refractivity contribution in [3.63, 3.8) is 0 Å². The Morgan fingerprint density at radius 2 is 1.71 bits per heavy atom. The first-order chi connectivity index (χ1) is 8.10. The number of hydrogen-bond acceptors (Lipinski definition) is 2. The largest absolute Gasteiger partial charge is 0.391 e. The summed E-state index contributed by atoms with van der Waals surface area (Å²) in [7, 11) is 0. The third-order valence-electron chi connectivity index (χ3n) is 4.11. The Kier molecular flexibility index (Phi) is 6.50. The fraction of sp³-hybridized carbons (Fsp3) is 1.00. The van der Waals surface area contributed by atoms with E-state index in [1.54, 1.807) is 0 Å². The van der Waals surface area contributed by atoms with Gasteiger partial charge in [-0.2, -0.15) is 0 Å². The summed E-state index contributed by atoms with van der Waals surface area (Å²) in [5, 5.41) is 10.3. The van der Waals surface area contributed by atoms with Crippen LogP contribution in [0.25, 0.3) is 0 Å². The smallest absolute Gasteiger partial charge is 0.0695 e. The van der Waals surface area contributed by atoms with Crippen molar-refractivity contribution in [1.82, 2.24) is 4.90 Å². The molecule has 2 atom stereocenters. The van der Waals surface area contributed by atoms with Gasteiger partial charge in [-0.3, -0.25) is 4.90 Å². The van der Waals surface area contributed by atoms with Crippen LogP contribution in [0.2, 0.25) is 0 Å². The first kappa shape index (κ1) is 15.0. The lowest BCUT2D eigenvalue weighted by Gasteiger charge is -2.43. The Balaban J connectivity index is 2.72. The van der Waals surface area contributed by atoms with Crippen molar-refractivity contribution >= 4 is 0 Å². The van der Waals surface area contributed by atoms with Crippen molar-refractivity contribution in [3.05, 3.63) is 0 Å². The summed E-state index contributed by atoms with van der Waals surface area (Å²) in [6.45, 7) is 10.2. The Labute approximate surface area is 107 Å². The lowest BCUT2D eigenvalue weighted by atomic mass is 9.89. The van der Waals surface area contributed by atoms with Crippen LogP contribution in [-0.2, 0) is 0 Å². The van der Waals surface area contributed by atoms with Crippen molar-refractivity contribution in [2.75, 3.05) is 6.54 Å². The van der Waals surface area contributed by atoms with Gasteiger partial charge in [-0.1, -0.05) is 40.5 Å². The Morgan fingerprint density at radius 1 is 1.12 bits per heavy atom. The minimum Gasteiger partial charge on any atom is -0.391 e. The van der Waals surface area contributed by atoms with Crippen molar-refractivity contribution in [2.45, 2.75) is 84.4 Å². The molecule has 0 spiro atoms. The molecule has 1 N–H and O–H groups in total. The molecule has 0 aromatic rings. The van der Waals surface area contributed by atoms with E-state index in [9.17, 15) is 5.11 Å². The predicted molar refractivity (Wildman–Crippen MR) is 74.2 cm³/mol. The minimum absolute atomic E-state index is 0.0944. The highest BCUT2D eigenvalue weighted by Gasteiger charge is 2.31. The lowest BCUT2D eigenvalue weighted by molar-refractivity contribution is -0.00948. The van der Waals surface area contributed by atoms with E-state index in [-0.39, 0.29) is 6.10 Å². The molecule has 1 aliphatic carbocycles. The van der Waals surface area contributed by atoms with Gasteiger partial charge < -0.3 is 5.11 Å². The highest BCUT2D eigenvalue weighted by Crippen LogP contribution is 2.27. The standard InChI is InChI=1S/C15H31NO/c1-5-13(6-2)16(11-12(3)4)14-9-7-8-10-15(14)17/h12-15,17H,5-11H2,1-4H3/t14-,15-/m0/s1. The molecule has 0 aliphatic heterocycles. The first-order valence-electron chi connectivity index (χ1n) is 7.53. The molecule has 1 saturated carbocycles. The van der Waals surface area contributed by atoms with Crippen LogP contribution in [0.5, 0.6) is 0 Å². The summed E-state index contributed by atoms with van der Waals surface area (Å²) >= 11 is 0. The van der Waals surface area contributed by atoms with Crippen LogP contribution in [0, 0.1) is 5.92 Å². The minimum atomic E-state index is -0.0944. The molecule has 0 bridgehead atoms. The zero-order chi connectivity index (χ0) is 12.8. The monoisotopic (exact) mass is 241 g/mol. The fourth-order valence-corrected chi connectivity index (χ4v) is 3.21. The maximum Gasteiger partial charge on any atom is 0.0695 e. The van der Waals surface area contributed by atoms with E-state index in [0.29, 0.717) is 18.0 Å². The molecule has 0 heterocycles. The van der Waals surface area contributed by atoms with Crippen molar-refractivity contribution in [2.24, 2.45) is 5.92 Å². The number of hydrogen-bond donors (Lipinski definition) is 1. The zero-order valence-electron chi connectivity index (χ0n) is 12.2. The number of aliphatic hydroxyl groups excluding tert-OH is 1. The first-order valence-corrected chi connectivity index (χ1v) is 7.53. The van der Waals surface area contributed by atoms with Gasteiger partial charge >= 0.3 is 0 Å². The molecule has 17 heavy (non-hydrogen) atoms. The predicted octanol–water partition coefficient (Wildman–Crippen LogP) is 3.44. The fourth-order valence-electron chi connectivity index (χ4n) is 3.21. The van der Waals surface area contributed by atoms with E-state index in [1.807, 2.05) is 0 Å². The molecule has 1 fully saturated rings. The van der Waals surface area contributed by atoms with Gasteiger partial charge in [0, 0.05) is 18.6 Å². The second-order valence-corrected chi connectivity index (χ2v) is 5.98. The van der Waals surface area contributed by atoms with E-state index in [4.69, 9.17) is 0 Å². The summed E-state index contributed by atoms with van der Waals surface area (Å²) in [4.78, 5) is 2.61. The molecule has 102 valence electrons. The van der Waals surface area contributed by atoms with Crippen molar-refractivity contribution in [1.29, 1.82) is 0 Å². The van der Waals surface area contributed by atoms with Crippen LogP contribution >= 0.6 is 0 Å². The Morgan fingerprint density at radius 3 is 2.18 bits per heavy atom. The van der Waals surface area contributed by atoms with Crippen LogP contribution in [-0.4, -0.2) is 34.7 Å². The summed E-state index contributed by atoms with van der Waals surface area (Å²) < 4.78 is 0. The number of aliphatic hydroxyl groups is 1. The summed E-state index contributed by atoms with van der Waals surface area (Å²) in [6.07, 6.45) is 6.98. The summed E-state index contributed by atoms with van der Waals surface area (Å²) in [6, 6.07) is 1.06. The van der Waals surface area contributed by atoms with Gasteiger partial charge in [-0.05, 0) is 31.6 Å². The maximum absolute atomic E-state index is 10.3. The van der Waals surface area contributed by atoms with Crippen molar-refractivity contribution in [3.8, 4) is 0 Å². The molecule has 0 amide bonds. The molecule has 0 aromatic heterocycles. The second kappa shape index (κ2) is 7.38. The maximum atomic E-state index is 10.3. The normalized spacial score (nSPS) is 26.1. The van der Waals surface area contributed by atoms with Crippen LogP contribution in [0.3, 0.4) is 0 Å². The van der Waals surface area contributed by atoms with Gasteiger partial charge in [-0.15, -0.1) is 0 Å². The summed E-state index contributed by atoms with van der Waals surface area (Å²) in [5.74, 6) is 0.685. The number of nitrogens with zero attached hydrogens (tertiary/aromatic N) is 1. The average Bonchev–Trinajstić information content (AvgIpc) is 2.29. The van der Waals surface area contributed by atoms with Gasteiger partial charge in [0.2, 0.25) is 0 Å². The molecule has 0 saturated heterocycles. The van der Waals surface area contributed by atoms with Gasteiger partial charge in [0.15, 0.2) is 0 Å². The molecule has 0 unspecified atom stereocenters. The second-order valence-electron chi connectivity index (χ2n) is 5.98. The third kappa shape index (κ3) is 4.26. The summed E-state index contributed by atoms with van der Waals surface area (Å²) in [5.41, 5.74) is 0. The zero-order valence-corrected chi connectivity index (χ0v) is 12.2. The van der Waals surface area contributed by atoms with Gasteiger partial charge in [-0.25, -0.2) is 0 Å². The van der Waals surface area contributed by atoms with Gasteiger partial charge in [0.1, 0.15) is 0 Å². The van der Waals surface area contributed by atoms with Gasteiger partial charge in [0.05, 0.1) is 6.10 Å². The Bertz CT molecular complexity index is 201. The molecule has 0 aromatic carbocycles. The lowest BCUT2D eigenvalue weighted by Crippen LogP contribution is -2.51. The number of rotatable bonds is 6. The van der Waals surface area contributed by atoms with Crippen LogP contribution in [0.4, 0.5) is 0 Å². The van der Waals surface area contributed by atoms with Crippen molar-refractivity contribution < 1.29 is 5.11 Å². The SMILES string of the molecule is CCC(CC)N(CC(C)C)[C@H]1CCCC[C@@H]1O. The highest BCUT2D eigenvalue weighted by molar-refractivity contribution is 4.86. The molecule has 0 radical (unpaired) electrons. The topological polar surface area (TPSA) is 23.5 Å². The quantitative estimate of drug-likeness (QED) is 0.770. The van der Waals surface area contributed by atoms with E-state index < -0.39 is 0 Å². The molecular weight excluding hydrogens is 210 g/mol. The van der Waals surface area contributed by atoms with E-state index in [2.05, 4.69) is 32.6 Å². The Hall–Kier alpha value is -0.0800. The molecule has 1 rings (SSSR count). The molecular formula is C15H31NO. The van der Waals surface area contributed by atoms with E-state index >= 15 is 0 Å².